The van der Waals surface area contributed by atoms with Crippen molar-refractivity contribution in [3.05, 3.63) is 0 Å². The number of hydrogen-bond donors (Lipinski definition) is 0. The Morgan fingerprint density at radius 1 is 1.21 bits per heavy atom. The fourth-order valence-corrected chi connectivity index (χ4v) is 3.85. The molecule has 19 heavy (non-hydrogen) atoms. The monoisotopic (exact) mass is 267 g/mol. The molecule has 2 unspecified atom stereocenters. The van der Waals surface area contributed by atoms with Gasteiger partial charge in [0.05, 0.1) is 12.2 Å². The summed E-state index contributed by atoms with van der Waals surface area (Å²) in [6.45, 7) is 6.37. The molecule has 3 aliphatic rings. The molecule has 0 N–H and O–H groups in total. The number of nitrogens with zero attached hydrogens (tertiary/aromatic N) is 1. The van der Waals surface area contributed by atoms with Crippen molar-refractivity contribution in [3.63, 3.8) is 0 Å². The number of likely N-dealkylation sites (tertiary alicyclic amines) is 1. The van der Waals surface area contributed by atoms with Crippen molar-refractivity contribution in [2.75, 3.05) is 32.9 Å². The summed E-state index contributed by atoms with van der Waals surface area (Å²) >= 11 is 0. The van der Waals surface area contributed by atoms with Gasteiger partial charge in [-0.1, -0.05) is 0 Å². The average molecular weight is 267 g/mol. The highest BCUT2D eigenvalue weighted by Gasteiger charge is 2.43. The lowest BCUT2D eigenvalue weighted by molar-refractivity contribution is -0.124. The first-order valence-corrected chi connectivity index (χ1v) is 7.65. The second-order valence-corrected chi connectivity index (χ2v) is 6.40. The largest absolute Gasteiger partial charge is 0.378 e. The van der Waals surface area contributed by atoms with E-state index < -0.39 is 0 Å². The van der Waals surface area contributed by atoms with Crippen LogP contribution in [-0.2, 0) is 14.3 Å². The molecule has 0 saturated carbocycles. The normalized spacial score (nSPS) is 37.8. The number of Topliss-reactive ketones (excluding diaryl/α,β-unsaturated/α-hetero) is 1. The minimum absolute atomic E-state index is 0.000338. The molecule has 3 aliphatic heterocycles. The fraction of sp³-hybridized carbons (Fsp3) is 0.933. The second kappa shape index (κ2) is 5.51. The molecule has 3 heterocycles. The van der Waals surface area contributed by atoms with E-state index in [1.165, 1.54) is 0 Å². The molecule has 0 aliphatic carbocycles. The van der Waals surface area contributed by atoms with Gasteiger partial charge in [0.25, 0.3) is 0 Å². The summed E-state index contributed by atoms with van der Waals surface area (Å²) in [6, 6.07) is 0.628. The third-order valence-corrected chi connectivity index (χ3v) is 5.15. The maximum atomic E-state index is 11.4. The first kappa shape index (κ1) is 13.5. The van der Waals surface area contributed by atoms with Gasteiger partial charge in [-0.3, -0.25) is 4.79 Å². The molecule has 0 aromatic heterocycles. The van der Waals surface area contributed by atoms with Gasteiger partial charge in [-0.15, -0.1) is 0 Å². The Labute approximate surface area is 115 Å². The first-order valence-electron chi connectivity index (χ1n) is 7.65. The van der Waals surface area contributed by atoms with Crippen molar-refractivity contribution < 1.29 is 14.3 Å². The van der Waals surface area contributed by atoms with Crippen molar-refractivity contribution in [2.24, 2.45) is 5.92 Å². The van der Waals surface area contributed by atoms with E-state index in [-0.39, 0.29) is 5.60 Å². The summed E-state index contributed by atoms with van der Waals surface area (Å²) in [5, 5.41) is 0. The molecule has 0 amide bonds. The van der Waals surface area contributed by atoms with Crippen LogP contribution in [-0.4, -0.2) is 55.2 Å². The molecular formula is C15H25NO3. The molecule has 0 aromatic carbocycles. The lowest BCUT2D eigenvalue weighted by Crippen LogP contribution is -2.51. The molecule has 4 nitrogen and oxygen atoms in total. The van der Waals surface area contributed by atoms with Gasteiger partial charge in [0.15, 0.2) is 0 Å². The van der Waals surface area contributed by atoms with Crippen molar-refractivity contribution in [3.8, 4) is 0 Å². The van der Waals surface area contributed by atoms with E-state index in [1.54, 1.807) is 6.92 Å². The Morgan fingerprint density at radius 2 is 2.00 bits per heavy atom. The van der Waals surface area contributed by atoms with Gasteiger partial charge in [-0.05, 0) is 45.7 Å². The zero-order valence-electron chi connectivity index (χ0n) is 11.9. The minimum Gasteiger partial charge on any atom is -0.378 e. The van der Waals surface area contributed by atoms with Crippen LogP contribution in [0.2, 0.25) is 0 Å². The van der Waals surface area contributed by atoms with E-state index in [9.17, 15) is 4.79 Å². The van der Waals surface area contributed by atoms with Crippen molar-refractivity contribution in [2.45, 2.75) is 50.7 Å². The predicted octanol–water partition coefficient (Wildman–Crippen LogP) is 1.63. The lowest BCUT2D eigenvalue weighted by atomic mass is 9.86. The van der Waals surface area contributed by atoms with Crippen LogP contribution >= 0.6 is 0 Å². The molecule has 108 valence electrons. The molecule has 3 rings (SSSR count). The van der Waals surface area contributed by atoms with E-state index in [0.717, 1.165) is 65.0 Å². The molecule has 3 fully saturated rings. The van der Waals surface area contributed by atoms with Gasteiger partial charge in [0.1, 0.15) is 5.78 Å². The maximum absolute atomic E-state index is 11.4. The van der Waals surface area contributed by atoms with E-state index >= 15 is 0 Å². The summed E-state index contributed by atoms with van der Waals surface area (Å²) in [7, 11) is 0. The van der Waals surface area contributed by atoms with E-state index in [2.05, 4.69) is 4.90 Å². The molecule has 3 saturated heterocycles. The number of carbonyl (C=O) groups is 1. The molecule has 0 bridgehead atoms. The average Bonchev–Trinajstić information content (AvgIpc) is 2.87. The van der Waals surface area contributed by atoms with Crippen molar-refractivity contribution in [1.82, 2.24) is 4.90 Å². The van der Waals surface area contributed by atoms with Crippen LogP contribution in [0.4, 0.5) is 0 Å². The Morgan fingerprint density at radius 3 is 2.63 bits per heavy atom. The predicted molar refractivity (Wildman–Crippen MR) is 72.1 cm³/mol. The first-order chi connectivity index (χ1) is 9.19. The number of rotatable bonds is 2. The highest BCUT2D eigenvalue weighted by Crippen LogP contribution is 2.35. The van der Waals surface area contributed by atoms with Crippen LogP contribution in [0.5, 0.6) is 0 Å². The van der Waals surface area contributed by atoms with Gasteiger partial charge in [-0.25, -0.2) is 0 Å². The number of ketones is 1. The van der Waals surface area contributed by atoms with Crippen LogP contribution in [0.15, 0.2) is 0 Å². The second-order valence-electron chi connectivity index (χ2n) is 6.40. The molecular weight excluding hydrogens is 242 g/mol. The Hall–Kier alpha value is -0.450. The van der Waals surface area contributed by atoms with Crippen molar-refractivity contribution >= 4 is 5.78 Å². The summed E-state index contributed by atoms with van der Waals surface area (Å²) in [6.07, 6.45) is 5.37. The van der Waals surface area contributed by atoms with E-state index in [1.807, 2.05) is 0 Å². The summed E-state index contributed by atoms with van der Waals surface area (Å²) in [5.41, 5.74) is 0.000338. The highest BCUT2D eigenvalue weighted by atomic mass is 16.6. The topological polar surface area (TPSA) is 38.8 Å². The van der Waals surface area contributed by atoms with Gasteiger partial charge >= 0.3 is 0 Å². The lowest BCUT2D eigenvalue weighted by Gasteiger charge is -2.44. The van der Waals surface area contributed by atoms with Crippen molar-refractivity contribution in [1.29, 1.82) is 0 Å². The standard InChI is InChI=1S/C15H25NO3/c1-12(17)13-2-6-16(7-3-13)14-4-8-19-15(10-14)5-9-18-11-15/h13-14H,2-11H2,1H3. The maximum Gasteiger partial charge on any atom is 0.133 e. The quantitative estimate of drug-likeness (QED) is 0.762. The molecule has 1 spiro atoms. The third-order valence-electron chi connectivity index (χ3n) is 5.15. The highest BCUT2D eigenvalue weighted by molar-refractivity contribution is 5.78. The van der Waals surface area contributed by atoms with Gasteiger partial charge in [0, 0.05) is 31.6 Å². The molecule has 2 atom stereocenters. The Balaban J connectivity index is 1.56. The summed E-state index contributed by atoms with van der Waals surface area (Å²) < 4.78 is 11.5. The van der Waals surface area contributed by atoms with Crippen LogP contribution in [0.1, 0.15) is 39.0 Å². The van der Waals surface area contributed by atoms with E-state index in [4.69, 9.17) is 9.47 Å². The van der Waals surface area contributed by atoms with Gasteiger partial charge in [-0.2, -0.15) is 0 Å². The Kier molecular flexibility index (Phi) is 3.92. The fourth-order valence-electron chi connectivity index (χ4n) is 3.85. The summed E-state index contributed by atoms with van der Waals surface area (Å²) in [5.74, 6) is 0.673. The number of carbonyl (C=O) groups excluding carboxylic acids is 1. The zero-order chi connectivity index (χ0) is 13.3. The van der Waals surface area contributed by atoms with Gasteiger partial charge in [0.2, 0.25) is 0 Å². The van der Waals surface area contributed by atoms with Gasteiger partial charge < -0.3 is 14.4 Å². The van der Waals surface area contributed by atoms with Crippen LogP contribution in [0, 0.1) is 5.92 Å². The SMILES string of the molecule is CC(=O)C1CCN(C2CCOC3(CCOC3)C2)CC1. The number of ether oxygens (including phenoxy) is 2. The van der Waals surface area contributed by atoms with Crippen LogP contribution in [0.25, 0.3) is 0 Å². The number of hydrogen-bond acceptors (Lipinski definition) is 4. The molecule has 0 radical (unpaired) electrons. The van der Waals surface area contributed by atoms with Crippen LogP contribution < -0.4 is 0 Å². The number of piperidine rings is 1. The smallest absolute Gasteiger partial charge is 0.133 e. The third kappa shape index (κ3) is 2.86. The molecule has 4 heteroatoms. The van der Waals surface area contributed by atoms with E-state index in [0.29, 0.717) is 17.7 Å². The van der Waals surface area contributed by atoms with Crippen LogP contribution in [0.3, 0.4) is 0 Å². The summed E-state index contributed by atoms with van der Waals surface area (Å²) in [4.78, 5) is 14.0. The minimum atomic E-state index is 0.000338. The Bertz CT molecular complexity index is 330. The molecule has 0 aromatic rings. The zero-order valence-corrected chi connectivity index (χ0v) is 11.9.